The Kier molecular flexibility index (Phi) is 7.07. The molecule has 2 amide bonds. The summed E-state index contributed by atoms with van der Waals surface area (Å²) < 4.78 is 2.21. The minimum absolute atomic E-state index is 0.00571. The monoisotopic (exact) mass is 446 g/mol. The van der Waals surface area contributed by atoms with Crippen LogP contribution in [0.1, 0.15) is 48.9 Å². The molecule has 1 saturated carbocycles. The molecule has 2 aromatic carbocycles. The van der Waals surface area contributed by atoms with Gasteiger partial charge in [0.05, 0.1) is 11.5 Å². The van der Waals surface area contributed by atoms with Crippen molar-refractivity contribution in [3.05, 3.63) is 93.8 Å². The van der Waals surface area contributed by atoms with Crippen LogP contribution in [0.15, 0.2) is 66.9 Å². The quantitative estimate of drug-likeness (QED) is 0.351. The second-order valence-electron chi connectivity index (χ2n) is 8.71. The number of nitro groups is 1. The molecular weight excluding hydrogens is 416 g/mol. The molecule has 33 heavy (non-hydrogen) atoms. The van der Waals surface area contributed by atoms with Crippen molar-refractivity contribution in [2.24, 2.45) is 0 Å². The summed E-state index contributed by atoms with van der Waals surface area (Å²) >= 11 is 0. The van der Waals surface area contributed by atoms with Crippen molar-refractivity contribution in [3.63, 3.8) is 0 Å². The lowest BCUT2D eigenvalue weighted by atomic mass is 9.94. The Morgan fingerprint density at radius 1 is 1.06 bits per heavy atom. The standard InChI is InChI=1S/C26H30N4O3/c1-20-8-5-6-9-21(20)18-28-17-7-12-25(28)19-29(23-10-3-2-4-11-23)26(31)27-22-13-15-24(16-14-22)30(32)33/h5-9,12-17,23H,2-4,10-11,18-19H2,1H3,(H,27,31). The molecule has 0 saturated heterocycles. The molecule has 0 spiro atoms. The van der Waals surface area contributed by atoms with E-state index in [-0.39, 0.29) is 17.8 Å². The van der Waals surface area contributed by atoms with Crippen LogP contribution < -0.4 is 5.32 Å². The number of non-ortho nitro benzene ring substituents is 1. The highest BCUT2D eigenvalue weighted by Crippen LogP contribution is 2.26. The van der Waals surface area contributed by atoms with Crippen LogP contribution in [0, 0.1) is 17.0 Å². The molecule has 0 atom stereocenters. The van der Waals surface area contributed by atoms with E-state index in [1.165, 1.54) is 29.7 Å². The van der Waals surface area contributed by atoms with Crippen LogP contribution in [0.5, 0.6) is 0 Å². The molecular formula is C26H30N4O3. The predicted molar refractivity (Wildman–Crippen MR) is 129 cm³/mol. The van der Waals surface area contributed by atoms with Gasteiger partial charge in [-0.05, 0) is 55.2 Å². The summed E-state index contributed by atoms with van der Waals surface area (Å²) in [6.07, 6.45) is 7.50. The zero-order valence-electron chi connectivity index (χ0n) is 18.9. The number of nitrogens with zero attached hydrogens (tertiary/aromatic N) is 3. The van der Waals surface area contributed by atoms with Crippen molar-refractivity contribution in [2.75, 3.05) is 5.32 Å². The molecule has 7 nitrogen and oxygen atoms in total. The van der Waals surface area contributed by atoms with E-state index in [1.54, 1.807) is 12.1 Å². The summed E-state index contributed by atoms with van der Waals surface area (Å²) in [5.74, 6) is 0. The summed E-state index contributed by atoms with van der Waals surface area (Å²) in [5.41, 5.74) is 4.15. The Morgan fingerprint density at radius 2 is 1.79 bits per heavy atom. The fourth-order valence-electron chi connectivity index (χ4n) is 4.51. The lowest BCUT2D eigenvalue weighted by molar-refractivity contribution is -0.384. The lowest BCUT2D eigenvalue weighted by Crippen LogP contribution is -2.43. The Bertz CT molecular complexity index is 1100. The zero-order valence-corrected chi connectivity index (χ0v) is 18.9. The first-order valence-corrected chi connectivity index (χ1v) is 11.5. The first-order valence-electron chi connectivity index (χ1n) is 11.5. The fourth-order valence-corrected chi connectivity index (χ4v) is 4.51. The van der Waals surface area contributed by atoms with Crippen LogP contribution in [0.3, 0.4) is 0 Å². The summed E-state index contributed by atoms with van der Waals surface area (Å²) in [6.45, 7) is 3.39. The molecule has 0 aliphatic heterocycles. The number of urea groups is 1. The second-order valence-corrected chi connectivity index (χ2v) is 8.71. The van der Waals surface area contributed by atoms with Crippen molar-refractivity contribution < 1.29 is 9.72 Å². The number of rotatable bonds is 7. The zero-order chi connectivity index (χ0) is 23.2. The maximum Gasteiger partial charge on any atom is 0.322 e. The molecule has 1 aliphatic carbocycles. The van der Waals surface area contributed by atoms with Crippen molar-refractivity contribution in [1.29, 1.82) is 0 Å². The van der Waals surface area contributed by atoms with Crippen molar-refractivity contribution in [2.45, 2.75) is 58.2 Å². The minimum atomic E-state index is -0.442. The molecule has 4 rings (SSSR count). The highest BCUT2D eigenvalue weighted by molar-refractivity contribution is 5.89. The Morgan fingerprint density at radius 3 is 2.48 bits per heavy atom. The van der Waals surface area contributed by atoms with Crippen LogP contribution in [0.25, 0.3) is 0 Å². The smallest absolute Gasteiger partial charge is 0.322 e. The molecule has 1 aromatic heterocycles. The minimum Gasteiger partial charge on any atom is -0.345 e. The maximum absolute atomic E-state index is 13.4. The average molecular weight is 447 g/mol. The van der Waals surface area contributed by atoms with E-state index >= 15 is 0 Å². The van der Waals surface area contributed by atoms with Crippen molar-refractivity contribution in [1.82, 2.24) is 9.47 Å². The van der Waals surface area contributed by atoms with Gasteiger partial charge in [0.25, 0.3) is 5.69 Å². The van der Waals surface area contributed by atoms with Gasteiger partial charge >= 0.3 is 6.03 Å². The number of nitro benzene ring substituents is 1. The Hall–Kier alpha value is -3.61. The molecule has 3 aromatic rings. The third-order valence-corrected chi connectivity index (χ3v) is 6.46. The molecule has 7 heteroatoms. The molecule has 0 bridgehead atoms. The highest BCUT2D eigenvalue weighted by atomic mass is 16.6. The molecule has 1 N–H and O–H groups in total. The Labute approximate surface area is 194 Å². The normalized spacial score (nSPS) is 14.1. The van der Waals surface area contributed by atoms with Crippen molar-refractivity contribution in [3.8, 4) is 0 Å². The number of carbonyl (C=O) groups excluding carboxylic acids is 1. The van der Waals surface area contributed by atoms with Gasteiger partial charge in [-0.3, -0.25) is 10.1 Å². The van der Waals surface area contributed by atoms with Gasteiger partial charge in [-0.25, -0.2) is 4.79 Å². The molecule has 0 radical (unpaired) electrons. The average Bonchev–Trinajstić information content (AvgIpc) is 3.26. The van der Waals surface area contributed by atoms with E-state index in [2.05, 4.69) is 47.3 Å². The van der Waals surface area contributed by atoms with E-state index in [0.29, 0.717) is 12.2 Å². The number of anilines is 1. The first-order chi connectivity index (χ1) is 16.0. The van der Waals surface area contributed by atoms with Gasteiger partial charge in [-0.2, -0.15) is 0 Å². The van der Waals surface area contributed by atoms with Crippen LogP contribution >= 0.6 is 0 Å². The van der Waals surface area contributed by atoms with Gasteiger partial charge in [-0.15, -0.1) is 0 Å². The van der Waals surface area contributed by atoms with Gasteiger partial charge in [0, 0.05) is 42.3 Å². The Balaban J connectivity index is 1.53. The number of aryl methyl sites for hydroxylation is 1. The van der Waals surface area contributed by atoms with Crippen LogP contribution in [0.2, 0.25) is 0 Å². The summed E-state index contributed by atoms with van der Waals surface area (Å²) in [7, 11) is 0. The summed E-state index contributed by atoms with van der Waals surface area (Å²) in [6, 6.07) is 18.4. The second kappa shape index (κ2) is 10.3. The fraction of sp³-hybridized carbons (Fsp3) is 0.346. The number of hydrogen-bond acceptors (Lipinski definition) is 3. The number of hydrogen-bond donors (Lipinski definition) is 1. The number of benzene rings is 2. The summed E-state index contributed by atoms with van der Waals surface area (Å²) in [4.78, 5) is 25.8. The molecule has 1 fully saturated rings. The van der Waals surface area contributed by atoms with E-state index in [1.807, 2.05) is 17.0 Å². The number of nitrogens with one attached hydrogen (secondary N) is 1. The molecule has 172 valence electrons. The van der Waals surface area contributed by atoms with Gasteiger partial charge in [0.1, 0.15) is 0 Å². The van der Waals surface area contributed by atoms with Gasteiger partial charge in [0.2, 0.25) is 0 Å². The SMILES string of the molecule is Cc1ccccc1Cn1cccc1CN(C(=O)Nc1ccc([N+](=O)[O-])cc1)C1CCCCC1. The van der Waals surface area contributed by atoms with Crippen LogP contribution in [-0.4, -0.2) is 26.5 Å². The lowest BCUT2D eigenvalue weighted by Gasteiger charge is -2.34. The molecule has 1 heterocycles. The van der Waals surface area contributed by atoms with Gasteiger partial charge in [0.15, 0.2) is 0 Å². The van der Waals surface area contributed by atoms with Crippen LogP contribution in [-0.2, 0) is 13.1 Å². The van der Waals surface area contributed by atoms with E-state index < -0.39 is 4.92 Å². The predicted octanol–water partition coefficient (Wildman–Crippen LogP) is 6.12. The number of amides is 2. The maximum atomic E-state index is 13.4. The number of carbonyl (C=O) groups is 1. The van der Waals surface area contributed by atoms with Gasteiger partial charge < -0.3 is 14.8 Å². The topological polar surface area (TPSA) is 80.4 Å². The highest BCUT2D eigenvalue weighted by Gasteiger charge is 2.26. The third kappa shape index (κ3) is 5.61. The van der Waals surface area contributed by atoms with E-state index in [0.717, 1.165) is 37.9 Å². The molecule has 0 unspecified atom stereocenters. The third-order valence-electron chi connectivity index (χ3n) is 6.46. The van der Waals surface area contributed by atoms with E-state index in [9.17, 15) is 14.9 Å². The summed E-state index contributed by atoms with van der Waals surface area (Å²) in [5, 5.41) is 13.9. The van der Waals surface area contributed by atoms with Gasteiger partial charge in [-0.1, -0.05) is 43.5 Å². The van der Waals surface area contributed by atoms with Crippen molar-refractivity contribution >= 4 is 17.4 Å². The van der Waals surface area contributed by atoms with Crippen LogP contribution in [0.4, 0.5) is 16.2 Å². The molecule has 1 aliphatic rings. The first kappa shape index (κ1) is 22.6. The largest absolute Gasteiger partial charge is 0.345 e. The number of aromatic nitrogens is 1. The van der Waals surface area contributed by atoms with E-state index in [4.69, 9.17) is 0 Å².